The van der Waals surface area contributed by atoms with Gasteiger partial charge in [0, 0.05) is 5.41 Å². The summed E-state index contributed by atoms with van der Waals surface area (Å²) < 4.78 is 15.5. The Bertz CT molecular complexity index is 559. The normalized spacial score (nSPS) is 17.7. The Balaban J connectivity index is 2.37. The zero-order valence-corrected chi connectivity index (χ0v) is 8.96. The fourth-order valence-corrected chi connectivity index (χ4v) is 2.51. The Hall–Kier alpha value is -1.56. The van der Waals surface area contributed by atoms with Gasteiger partial charge in [0.05, 0.1) is 2.74 Å². The lowest BCUT2D eigenvalue weighted by atomic mass is 9.82. The molecule has 1 aliphatic carbocycles. The molecule has 2 aromatic rings. The van der Waals surface area contributed by atoms with Crippen molar-refractivity contribution in [3.8, 4) is 11.1 Å². The van der Waals surface area contributed by atoms with Gasteiger partial charge in [-0.15, -0.1) is 0 Å². The molecule has 3 rings (SSSR count). The van der Waals surface area contributed by atoms with E-state index in [1.54, 1.807) is 0 Å². The molecule has 15 heavy (non-hydrogen) atoms. The van der Waals surface area contributed by atoms with Crippen LogP contribution in [0.15, 0.2) is 48.5 Å². The number of benzene rings is 2. The highest BCUT2D eigenvalue weighted by molar-refractivity contribution is 5.80. The molecule has 0 radical (unpaired) electrons. The summed E-state index contributed by atoms with van der Waals surface area (Å²) in [6.45, 7) is 4.33. The quantitative estimate of drug-likeness (QED) is 0.600. The number of hydrogen-bond donors (Lipinski definition) is 0. The van der Waals surface area contributed by atoms with Gasteiger partial charge in [-0.2, -0.15) is 0 Å². The highest BCUT2D eigenvalue weighted by Gasteiger charge is 2.34. The molecule has 0 aliphatic heterocycles. The minimum Gasteiger partial charge on any atom is -0.0619 e. The van der Waals surface area contributed by atoms with Gasteiger partial charge in [0.1, 0.15) is 0 Å². The highest BCUT2D eigenvalue weighted by atomic mass is 14.4. The first-order valence-corrected chi connectivity index (χ1v) is 5.23. The Labute approximate surface area is 93.4 Å². The van der Waals surface area contributed by atoms with Crippen LogP contribution in [0.2, 0.25) is 0 Å². The van der Waals surface area contributed by atoms with Crippen LogP contribution in [0, 0.1) is 0 Å². The predicted molar refractivity (Wildman–Crippen MR) is 64.0 cm³/mol. The lowest BCUT2D eigenvalue weighted by Gasteiger charge is -2.20. The van der Waals surface area contributed by atoms with Gasteiger partial charge in [0.15, 0.2) is 0 Å². The summed E-state index contributed by atoms with van der Waals surface area (Å²) in [5, 5.41) is 0. The van der Waals surface area contributed by atoms with Gasteiger partial charge >= 0.3 is 0 Å². The SMILES string of the molecule is [3H]c1ccc2c(c1)C(C)(C)c1cc([3H])ccc1-2. The molecular formula is C15H14. The van der Waals surface area contributed by atoms with E-state index >= 15 is 0 Å². The average Bonchev–Trinajstić information content (AvgIpc) is 2.49. The molecule has 1 aliphatic rings. The third-order valence-electron chi connectivity index (χ3n) is 3.36. The average molecular weight is 198 g/mol. The molecule has 0 heteroatoms. The van der Waals surface area contributed by atoms with Gasteiger partial charge in [-0.1, -0.05) is 62.3 Å². The molecule has 0 bridgehead atoms. The smallest absolute Gasteiger partial charge is 0.0619 e. The van der Waals surface area contributed by atoms with Gasteiger partial charge < -0.3 is 0 Å². The molecular weight excluding hydrogens is 180 g/mol. The summed E-state index contributed by atoms with van der Waals surface area (Å²) in [5.74, 6) is 0. The van der Waals surface area contributed by atoms with Crippen molar-refractivity contribution in [3.63, 3.8) is 0 Å². The van der Waals surface area contributed by atoms with E-state index in [1.807, 2.05) is 36.4 Å². The van der Waals surface area contributed by atoms with E-state index in [4.69, 9.17) is 2.74 Å². The molecule has 0 saturated heterocycles. The maximum Gasteiger partial charge on any atom is 0.0623 e. The van der Waals surface area contributed by atoms with Crippen molar-refractivity contribution < 1.29 is 2.74 Å². The van der Waals surface area contributed by atoms with Crippen LogP contribution >= 0.6 is 0 Å². The summed E-state index contributed by atoms with van der Waals surface area (Å²) in [6.07, 6.45) is 0. The number of rotatable bonds is 0. The van der Waals surface area contributed by atoms with E-state index in [1.165, 1.54) is 22.3 Å². The third kappa shape index (κ3) is 1.02. The van der Waals surface area contributed by atoms with Crippen LogP contribution in [0.4, 0.5) is 0 Å². The number of fused-ring (bicyclic) bond motifs is 3. The summed E-state index contributed by atoms with van der Waals surface area (Å²) in [4.78, 5) is 0. The minimum atomic E-state index is -0.0984. The van der Waals surface area contributed by atoms with Crippen LogP contribution in [0.5, 0.6) is 0 Å². The summed E-state index contributed by atoms with van der Waals surface area (Å²) in [5.41, 5.74) is 4.72. The van der Waals surface area contributed by atoms with Crippen molar-refractivity contribution in [2.45, 2.75) is 19.3 Å². The Morgan fingerprint density at radius 2 is 1.33 bits per heavy atom. The van der Waals surface area contributed by atoms with E-state index in [-0.39, 0.29) is 5.41 Å². The van der Waals surface area contributed by atoms with Crippen LogP contribution in [-0.2, 0) is 5.41 Å². The van der Waals surface area contributed by atoms with Crippen molar-refractivity contribution in [1.29, 1.82) is 0 Å². The predicted octanol–water partition coefficient (Wildman–Crippen LogP) is 3.99. The molecule has 0 spiro atoms. The Morgan fingerprint density at radius 3 is 1.80 bits per heavy atom. The minimum absolute atomic E-state index is 0.0984. The second kappa shape index (κ2) is 2.73. The second-order valence-electron chi connectivity index (χ2n) is 4.57. The van der Waals surface area contributed by atoms with E-state index in [9.17, 15) is 0 Å². The summed E-state index contributed by atoms with van der Waals surface area (Å²) in [6, 6.07) is 12.7. The molecule has 0 saturated carbocycles. The second-order valence-corrected chi connectivity index (χ2v) is 4.57. The standard InChI is InChI=1S/C15H14/c1-15(2)13-9-5-3-7-11(13)12-8-4-6-10-14(12)15/h3-10H,1-2H3/i5T,6T. The van der Waals surface area contributed by atoms with Gasteiger partial charge in [-0.05, 0) is 22.3 Å². The highest BCUT2D eigenvalue weighted by Crippen LogP contribution is 2.47. The maximum absolute atomic E-state index is 7.75. The van der Waals surface area contributed by atoms with Crippen LogP contribution in [0.3, 0.4) is 0 Å². The molecule has 0 nitrogen and oxygen atoms in total. The van der Waals surface area contributed by atoms with Gasteiger partial charge in [0.25, 0.3) is 0 Å². The zero-order valence-electron chi connectivity index (χ0n) is 11.0. The molecule has 0 amide bonds. The van der Waals surface area contributed by atoms with Crippen molar-refractivity contribution in [2.24, 2.45) is 0 Å². The monoisotopic (exact) mass is 198 g/mol. The topological polar surface area (TPSA) is 0 Å². The lowest BCUT2D eigenvalue weighted by Crippen LogP contribution is -2.14. The summed E-state index contributed by atoms with van der Waals surface area (Å²) in [7, 11) is 0. The maximum atomic E-state index is 7.75. The number of hydrogen-bond acceptors (Lipinski definition) is 0. The third-order valence-corrected chi connectivity index (χ3v) is 3.36. The van der Waals surface area contributed by atoms with Crippen molar-refractivity contribution in [2.75, 3.05) is 0 Å². The van der Waals surface area contributed by atoms with Gasteiger partial charge in [-0.3, -0.25) is 0 Å². The lowest BCUT2D eigenvalue weighted by molar-refractivity contribution is 0.660. The van der Waals surface area contributed by atoms with Crippen LogP contribution in [0.25, 0.3) is 11.1 Å². The molecule has 0 fully saturated rings. The largest absolute Gasteiger partial charge is 0.0623 e. The van der Waals surface area contributed by atoms with Gasteiger partial charge in [0.2, 0.25) is 0 Å². The van der Waals surface area contributed by atoms with Gasteiger partial charge in [-0.25, -0.2) is 0 Å². The van der Waals surface area contributed by atoms with E-state index in [0.29, 0.717) is 12.1 Å². The Morgan fingerprint density at radius 1 is 0.867 bits per heavy atom. The first-order chi connectivity index (χ1) is 8.00. The molecule has 0 heterocycles. The fourth-order valence-electron chi connectivity index (χ4n) is 2.51. The summed E-state index contributed by atoms with van der Waals surface area (Å²) >= 11 is 0. The molecule has 0 aromatic heterocycles. The molecule has 0 atom stereocenters. The van der Waals surface area contributed by atoms with Crippen molar-refractivity contribution in [3.05, 3.63) is 59.6 Å². The molecule has 74 valence electrons. The van der Waals surface area contributed by atoms with E-state index < -0.39 is 0 Å². The van der Waals surface area contributed by atoms with E-state index in [2.05, 4.69) is 13.8 Å². The Kier molecular flexibility index (Phi) is 1.24. The van der Waals surface area contributed by atoms with Crippen molar-refractivity contribution in [1.82, 2.24) is 0 Å². The zero-order chi connectivity index (χ0) is 12.2. The van der Waals surface area contributed by atoms with E-state index in [0.717, 1.165) is 0 Å². The first kappa shape index (κ1) is 6.84. The van der Waals surface area contributed by atoms with Crippen molar-refractivity contribution >= 4 is 0 Å². The first-order valence-electron chi connectivity index (χ1n) is 6.23. The molecule has 0 N–H and O–H groups in total. The molecule has 2 aromatic carbocycles. The molecule has 0 unspecified atom stereocenters. The fraction of sp³-hybridized carbons (Fsp3) is 0.200. The van der Waals surface area contributed by atoms with Crippen LogP contribution in [-0.4, -0.2) is 0 Å². The van der Waals surface area contributed by atoms with Crippen LogP contribution in [0.1, 0.15) is 27.7 Å². The van der Waals surface area contributed by atoms with Crippen LogP contribution < -0.4 is 0 Å².